The largest absolute Gasteiger partial charge is 0.332 e. The number of nitrogens with zero attached hydrogens (tertiary/aromatic N) is 7. The summed E-state index contributed by atoms with van der Waals surface area (Å²) in [5.41, 5.74) is 0.239. The van der Waals surface area contributed by atoms with Crippen LogP contribution >= 0.6 is 23.1 Å². The van der Waals surface area contributed by atoms with Gasteiger partial charge >= 0.3 is 5.69 Å². The lowest BCUT2D eigenvalue weighted by atomic mass is 10.3. The summed E-state index contributed by atoms with van der Waals surface area (Å²) in [5.74, 6) is 1.77. The molecule has 4 aromatic heterocycles. The number of hydrogen-bond donors (Lipinski definition) is 0. The second kappa shape index (κ2) is 8.12. The second-order valence-electron chi connectivity index (χ2n) is 7.78. The van der Waals surface area contributed by atoms with Gasteiger partial charge in [-0.25, -0.2) is 9.78 Å². The first-order valence-corrected chi connectivity index (χ1v) is 12.1. The molecular weight excluding hydrogens is 434 g/mol. The van der Waals surface area contributed by atoms with Gasteiger partial charge in [0, 0.05) is 43.7 Å². The molecule has 0 aliphatic heterocycles. The van der Waals surface area contributed by atoms with Gasteiger partial charge in [0.2, 0.25) is 0 Å². The standard InChI is InChI=1S/C20H23N7O2S2/c1-24-12-21-17-16(24)18(28)26(20(29)25(17)2)8-4-10-31-19-23-22-15(27(19)13-6-7-13)11-14-5-3-9-30-14/h3,5,9,12-13H,4,6-8,10-11H2,1-2H3. The minimum absolute atomic E-state index is 0.289. The lowest BCUT2D eigenvalue weighted by Gasteiger charge is -2.10. The van der Waals surface area contributed by atoms with Gasteiger partial charge in [0.25, 0.3) is 5.56 Å². The van der Waals surface area contributed by atoms with E-state index in [1.54, 1.807) is 48.1 Å². The molecule has 162 valence electrons. The molecule has 1 aliphatic carbocycles. The molecule has 1 fully saturated rings. The van der Waals surface area contributed by atoms with Gasteiger partial charge in [0.05, 0.1) is 6.33 Å². The van der Waals surface area contributed by atoms with E-state index in [9.17, 15) is 9.59 Å². The Labute approximate surface area is 186 Å². The Kier molecular flexibility index (Phi) is 5.30. The molecule has 1 saturated carbocycles. The first-order chi connectivity index (χ1) is 15.0. The van der Waals surface area contributed by atoms with Gasteiger partial charge in [-0.2, -0.15) is 0 Å². The Morgan fingerprint density at radius 2 is 2.06 bits per heavy atom. The van der Waals surface area contributed by atoms with Crippen LogP contribution in [-0.4, -0.2) is 39.2 Å². The molecule has 0 aromatic carbocycles. The van der Waals surface area contributed by atoms with Gasteiger partial charge in [-0.1, -0.05) is 17.8 Å². The zero-order valence-corrected chi connectivity index (χ0v) is 19.0. The fourth-order valence-corrected chi connectivity index (χ4v) is 5.42. The maximum absolute atomic E-state index is 12.8. The highest BCUT2D eigenvalue weighted by molar-refractivity contribution is 7.99. The fraction of sp³-hybridized carbons (Fsp3) is 0.450. The van der Waals surface area contributed by atoms with Crippen molar-refractivity contribution in [3.05, 3.63) is 55.4 Å². The summed E-state index contributed by atoms with van der Waals surface area (Å²) >= 11 is 3.38. The Balaban J connectivity index is 1.29. The van der Waals surface area contributed by atoms with Gasteiger partial charge < -0.3 is 9.13 Å². The van der Waals surface area contributed by atoms with Crippen LogP contribution in [0.2, 0.25) is 0 Å². The molecular formula is C20H23N7O2S2. The highest BCUT2D eigenvalue weighted by Crippen LogP contribution is 2.39. The molecule has 5 rings (SSSR count). The summed E-state index contributed by atoms with van der Waals surface area (Å²) in [5, 5.41) is 11.9. The molecule has 0 saturated heterocycles. The predicted octanol–water partition coefficient (Wildman–Crippen LogP) is 2.19. The van der Waals surface area contributed by atoms with E-state index in [0.29, 0.717) is 30.2 Å². The number of thioether (sulfide) groups is 1. The van der Waals surface area contributed by atoms with Gasteiger partial charge in [-0.05, 0) is 30.7 Å². The van der Waals surface area contributed by atoms with Gasteiger partial charge in [-0.3, -0.25) is 13.9 Å². The average molecular weight is 458 g/mol. The molecule has 9 nitrogen and oxygen atoms in total. The number of rotatable bonds is 8. The van der Waals surface area contributed by atoms with Crippen LogP contribution in [0.4, 0.5) is 0 Å². The van der Waals surface area contributed by atoms with E-state index in [0.717, 1.165) is 23.2 Å². The highest BCUT2D eigenvalue weighted by atomic mass is 32.2. The van der Waals surface area contributed by atoms with Gasteiger partial charge in [0.1, 0.15) is 5.82 Å². The van der Waals surface area contributed by atoms with Crippen LogP contribution in [-0.2, 0) is 27.1 Å². The zero-order chi connectivity index (χ0) is 21.5. The molecule has 0 spiro atoms. The Hall–Kier alpha value is -2.66. The molecule has 4 aromatic rings. The molecule has 31 heavy (non-hydrogen) atoms. The average Bonchev–Trinajstić information content (AvgIpc) is 3.12. The van der Waals surface area contributed by atoms with E-state index in [4.69, 9.17) is 0 Å². The number of aromatic nitrogens is 7. The van der Waals surface area contributed by atoms with Crippen LogP contribution in [0.5, 0.6) is 0 Å². The number of aryl methyl sites for hydroxylation is 2. The second-order valence-corrected chi connectivity index (χ2v) is 9.88. The van der Waals surface area contributed by atoms with E-state index in [1.165, 1.54) is 26.9 Å². The number of fused-ring (bicyclic) bond motifs is 1. The first-order valence-electron chi connectivity index (χ1n) is 10.2. The van der Waals surface area contributed by atoms with Crippen molar-refractivity contribution < 1.29 is 0 Å². The molecule has 0 unspecified atom stereocenters. The van der Waals surface area contributed by atoms with Crippen molar-refractivity contribution in [1.82, 2.24) is 33.4 Å². The highest BCUT2D eigenvalue weighted by Gasteiger charge is 2.29. The zero-order valence-electron chi connectivity index (χ0n) is 17.4. The van der Waals surface area contributed by atoms with Crippen LogP contribution in [0, 0.1) is 0 Å². The summed E-state index contributed by atoms with van der Waals surface area (Å²) in [6.07, 6.45) is 5.38. The van der Waals surface area contributed by atoms with E-state index < -0.39 is 0 Å². The van der Waals surface area contributed by atoms with E-state index in [1.807, 2.05) is 0 Å². The van der Waals surface area contributed by atoms with Crippen molar-refractivity contribution in [2.45, 2.75) is 43.4 Å². The Bertz CT molecular complexity index is 1340. The third-order valence-electron chi connectivity index (χ3n) is 5.52. The molecule has 11 heteroatoms. The predicted molar refractivity (Wildman–Crippen MR) is 121 cm³/mol. The molecule has 0 bridgehead atoms. The normalized spacial score (nSPS) is 14.0. The van der Waals surface area contributed by atoms with Crippen LogP contribution in [0.3, 0.4) is 0 Å². The lowest BCUT2D eigenvalue weighted by Crippen LogP contribution is -2.39. The topological polar surface area (TPSA) is 92.5 Å². The number of imidazole rings is 1. The van der Waals surface area contributed by atoms with Crippen molar-refractivity contribution in [2.75, 3.05) is 5.75 Å². The maximum Gasteiger partial charge on any atom is 0.332 e. The van der Waals surface area contributed by atoms with Crippen LogP contribution in [0.15, 0.2) is 38.6 Å². The van der Waals surface area contributed by atoms with E-state index >= 15 is 0 Å². The lowest BCUT2D eigenvalue weighted by molar-refractivity contribution is 0.592. The third kappa shape index (κ3) is 3.76. The third-order valence-corrected chi connectivity index (χ3v) is 7.42. The molecule has 0 radical (unpaired) electrons. The van der Waals surface area contributed by atoms with Crippen molar-refractivity contribution >= 4 is 34.3 Å². The van der Waals surface area contributed by atoms with Gasteiger partial charge in [-0.15, -0.1) is 21.5 Å². The molecule has 0 amide bonds. The number of thiophene rings is 1. The molecule has 1 aliphatic rings. The Morgan fingerprint density at radius 3 is 2.81 bits per heavy atom. The minimum atomic E-state index is -0.333. The summed E-state index contributed by atoms with van der Waals surface area (Å²) in [6.45, 7) is 0.360. The summed E-state index contributed by atoms with van der Waals surface area (Å²) in [4.78, 5) is 30.9. The molecule has 0 N–H and O–H groups in total. The number of hydrogen-bond acceptors (Lipinski definition) is 7. The maximum atomic E-state index is 12.8. The fourth-order valence-electron chi connectivity index (χ4n) is 3.77. The monoisotopic (exact) mass is 457 g/mol. The van der Waals surface area contributed by atoms with E-state index in [-0.39, 0.29) is 11.2 Å². The van der Waals surface area contributed by atoms with Crippen LogP contribution in [0.1, 0.15) is 36.0 Å². The van der Waals surface area contributed by atoms with E-state index in [2.05, 4.69) is 37.3 Å². The van der Waals surface area contributed by atoms with Crippen LogP contribution < -0.4 is 11.2 Å². The summed E-state index contributed by atoms with van der Waals surface area (Å²) in [7, 11) is 3.41. The van der Waals surface area contributed by atoms with Crippen molar-refractivity contribution in [1.29, 1.82) is 0 Å². The van der Waals surface area contributed by atoms with Crippen molar-refractivity contribution in [3.8, 4) is 0 Å². The Morgan fingerprint density at radius 1 is 1.23 bits per heavy atom. The minimum Gasteiger partial charge on any atom is -0.328 e. The van der Waals surface area contributed by atoms with Crippen LogP contribution in [0.25, 0.3) is 11.2 Å². The quantitative estimate of drug-likeness (QED) is 0.298. The van der Waals surface area contributed by atoms with Gasteiger partial charge in [0.15, 0.2) is 16.3 Å². The summed E-state index contributed by atoms with van der Waals surface area (Å²) < 4.78 is 6.68. The SMILES string of the molecule is Cn1cnc2c1c(=O)n(CCCSc1nnc(Cc3cccs3)n1C1CC1)c(=O)n2C. The molecule has 4 heterocycles. The van der Waals surface area contributed by atoms with Crippen molar-refractivity contribution in [3.63, 3.8) is 0 Å². The smallest absolute Gasteiger partial charge is 0.328 e. The molecule has 0 atom stereocenters. The summed E-state index contributed by atoms with van der Waals surface area (Å²) in [6, 6.07) is 4.68. The van der Waals surface area contributed by atoms with Crippen molar-refractivity contribution in [2.24, 2.45) is 14.1 Å². The first kappa shape index (κ1) is 20.3.